The molecule has 0 bridgehead atoms. The molecule has 1 fully saturated rings. The highest BCUT2D eigenvalue weighted by Gasteiger charge is 2.51. The normalized spacial score (nSPS) is 27.3. The summed E-state index contributed by atoms with van der Waals surface area (Å²) >= 11 is 0. The van der Waals surface area contributed by atoms with Crippen LogP contribution in [0.15, 0.2) is 23.2 Å². The smallest absolute Gasteiger partial charge is 0.400 e. The van der Waals surface area contributed by atoms with Crippen molar-refractivity contribution in [1.82, 2.24) is 0 Å². The molecule has 0 aromatic rings. The van der Waals surface area contributed by atoms with Gasteiger partial charge in [-0.2, -0.15) is 0 Å². The Morgan fingerprint density at radius 3 is 2.28 bits per heavy atom. The lowest BCUT2D eigenvalue weighted by Crippen LogP contribution is -2.41. The second-order valence-electron chi connectivity index (χ2n) is 6.50. The molecule has 1 aliphatic carbocycles. The zero-order valence-corrected chi connectivity index (χ0v) is 12.4. The Hall–Kier alpha value is -0.535. The average molecular weight is 248 g/mol. The quantitative estimate of drug-likeness (QED) is 0.686. The van der Waals surface area contributed by atoms with Crippen molar-refractivity contribution < 1.29 is 9.31 Å². The fourth-order valence-corrected chi connectivity index (χ4v) is 2.38. The van der Waals surface area contributed by atoms with Crippen LogP contribution in [0, 0.1) is 0 Å². The maximum absolute atomic E-state index is 6.05. The molecule has 2 nitrogen and oxygen atoms in total. The molecule has 0 aromatic carbocycles. The van der Waals surface area contributed by atoms with Crippen LogP contribution in [0.2, 0.25) is 0 Å². The second-order valence-corrected chi connectivity index (χ2v) is 6.50. The van der Waals surface area contributed by atoms with Crippen molar-refractivity contribution in [2.45, 2.75) is 71.5 Å². The fraction of sp³-hybridized carbons (Fsp3) is 0.733. The molecule has 18 heavy (non-hydrogen) atoms. The van der Waals surface area contributed by atoms with Gasteiger partial charge in [0.2, 0.25) is 0 Å². The summed E-state index contributed by atoms with van der Waals surface area (Å²) in [6.07, 6.45) is 9.63. The van der Waals surface area contributed by atoms with Gasteiger partial charge in [-0.25, -0.2) is 0 Å². The summed E-state index contributed by atoms with van der Waals surface area (Å²) in [6.45, 7) is 10.5. The van der Waals surface area contributed by atoms with E-state index in [1.54, 1.807) is 0 Å². The van der Waals surface area contributed by atoms with E-state index in [0.717, 1.165) is 0 Å². The SMILES string of the molecule is C/C(=C/C1=CCCCC1)B1OC(C)(C)C(C)(C)O1. The summed E-state index contributed by atoms with van der Waals surface area (Å²) < 4.78 is 12.1. The standard InChI is InChI=1S/C15H25BO2/c1-12(11-13-9-7-6-8-10-13)16-17-14(2,3)15(4,5)18-16/h9,11H,6-8,10H2,1-5H3/b12-11-. The van der Waals surface area contributed by atoms with Crippen molar-refractivity contribution in [3.8, 4) is 0 Å². The van der Waals surface area contributed by atoms with E-state index in [1.807, 2.05) is 0 Å². The third-order valence-corrected chi connectivity index (χ3v) is 4.36. The Bertz CT molecular complexity index is 364. The molecule has 0 unspecified atom stereocenters. The molecule has 0 aromatic heterocycles. The van der Waals surface area contributed by atoms with E-state index < -0.39 is 0 Å². The van der Waals surface area contributed by atoms with Gasteiger partial charge in [-0.15, -0.1) is 0 Å². The molecule has 1 aliphatic heterocycles. The molecule has 3 heteroatoms. The molecule has 100 valence electrons. The Kier molecular flexibility index (Phi) is 3.75. The maximum Gasteiger partial charge on any atom is 0.490 e. The van der Waals surface area contributed by atoms with Crippen LogP contribution in [-0.4, -0.2) is 18.3 Å². The molecule has 0 atom stereocenters. The van der Waals surface area contributed by atoms with E-state index in [1.165, 1.54) is 36.7 Å². The van der Waals surface area contributed by atoms with E-state index in [9.17, 15) is 0 Å². The van der Waals surface area contributed by atoms with Crippen LogP contribution in [0.4, 0.5) is 0 Å². The third kappa shape index (κ3) is 2.72. The maximum atomic E-state index is 6.05. The Labute approximate surface area is 112 Å². The van der Waals surface area contributed by atoms with Crippen LogP contribution in [0.1, 0.15) is 60.3 Å². The first-order valence-corrected chi connectivity index (χ1v) is 7.05. The molecular formula is C15H25BO2. The number of hydrogen-bond acceptors (Lipinski definition) is 2. The predicted octanol–water partition coefficient (Wildman–Crippen LogP) is 4.06. The van der Waals surface area contributed by atoms with Crippen LogP contribution >= 0.6 is 0 Å². The molecular weight excluding hydrogens is 223 g/mol. The van der Waals surface area contributed by atoms with Crippen LogP contribution < -0.4 is 0 Å². The van der Waals surface area contributed by atoms with E-state index >= 15 is 0 Å². The minimum absolute atomic E-state index is 0.196. The molecule has 0 N–H and O–H groups in total. The van der Waals surface area contributed by atoms with Gasteiger partial charge >= 0.3 is 7.12 Å². The van der Waals surface area contributed by atoms with E-state index in [2.05, 4.69) is 46.8 Å². The van der Waals surface area contributed by atoms with Crippen molar-refractivity contribution in [1.29, 1.82) is 0 Å². The van der Waals surface area contributed by atoms with Crippen molar-refractivity contribution in [3.05, 3.63) is 23.2 Å². The molecule has 2 rings (SSSR count). The molecule has 0 radical (unpaired) electrons. The molecule has 1 saturated heterocycles. The highest BCUT2D eigenvalue weighted by Crippen LogP contribution is 2.38. The minimum atomic E-state index is -0.242. The van der Waals surface area contributed by atoms with Crippen molar-refractivity contribution in [3.63, 3.8) is 0 Å². The van der Waals surface area contributed by atoms with Gasteiger partial charge in [-0.3, -0.25) is 0 Å². The van der Waals surface area contributed by atoms with Gasteiger partial charge in [-0.05, 0) is 65.8 Å². The van der Waals surface area contributed by atoms with Gasteiger partial charge in [0.05, 0.1) is 11.2 Å². The molecule has 0 amide bonds. The van der Waals surface area contributed by atoms with Gasteiger partial charge in [-0.1, -0.05) is 17.7 Å². The fourth-order valence-electron chi connectivity index (χ4n) is 2.38. The molecule has 1 heterocycles. The zero-order chi connectivity index (χ0) is 13.4. The number of hydrogen-bond donors (Lipinski definition) is 0. The van der Waals surface area contributed by atoms with Crippen LogP contribution in [0.5, 0.6) is 0 Å². The Morgan fingerprint density at radius 2 is 1.78 bits per heavy atom. The van der Waals surface area contributed by atoms with Gasteiger partial charge in [0.15, 0.2) is 0 Å². The summed E-state index contributed by atoms with van der Waals surface area (Å²) in [5.41, 5.74) is 2.14. The van der Waals surface area contributed by atoms with Gasteiger partial charge in [0.1, 0.15) is 0 Å². The van der Waals surface area contributed by atoms with Gasteiger partial charge in [0.25, 0.3) is 0 Å². The second kappa shape index (κ2) is 4.86. The average Bonchev–Trinajstić information content (AvgIpc) is 2.50. The molecule has 0 spiro atoms. The zero-order valence-electron chi connectivity index (χ0n) is 12.4. The first kappa shape index (κ1) is 13.9. The lowest BCUT2D eigenvalue weighted by Gasteiger charge is -2.32. The van der Waals surface area contributed by atoms with Crippen LogP contribution in [0.25, 0.3) is 0 Å². The lowest BCUT2D eigenvalue weighted by atomic mass is 9.77. The van der Waals surface area contributed by atoms with E-state index in [4.69, 9.17) is 9.31 Å². The van der Waals surface area contributed by atoms with E-state index in [-0.39, 0.29) is 18.3 Å². The summed E-state index contributed by atoms with van der Waals surface area (Å²) in [5, 5.41) is 0. The summed E-state index contributed by atoms with van der Waals surface area (Å²) in [5.74, 6) is 0. The van der Waals surface area contributed by atoms with E-state index in [0.29, 0.717) is 0 Å². The first-order valence-electron chi connectivity index (χ1n) is 7.05. The highest BCUT2D eigenvalue weighted by atomic mass is 16.7. The Balaban J connectivity index is 2.09. The lowest BCUT2D eigenvalue weighted by molar-refractivity contribution is 0.00578. The minimum Gasteiger partial charge on any atom is -0.400 e. The predicted molar refractivity (Wildman–Crippen MR) is 76.4 cm³/mol. The topological polar surface area (TPSA) is 18.5 Å². The monoisotopic (exact) mass is 248 g/mol. The van der Waals surface area contributed by atoms with Crippen LogP contribution in [-0.2, 0) is 9.31 Å². The molecule has 0 saturated carbocycles. The van der Waals surface area contributed by atoms with Crippen molar-refractivity contribution >= 4 is 7.12 Å². The summed E-state index contributed by atoms with van der Waals surface area (Å²) in [4.78, 5) is 0. The van der Waals surface area contributed by atoms with Crippen molar-refractivity contribution in [2.24, 2.45) is 0 Å². The van der Waals surface area contributed by atoms with Gasteiger partial charge < -0.3 is 9.31 Å². The number of rotatable bonds is 2. The van der Waals surface area contributed by atoms with Crippen LogP contribution in [0.3, 0.4) is 0 Å². The first-order chi connectivity index (χ1) is 8.32. The third-order valence-electron chi connectivity index (χ3n) is 4.36. The molecule has 2 aliphatic rings. The van der Waals surface area contributed by atoms with Crippen molar-refractivity contribution in [2.75, 3.05) is 0 Å². The summed E-state index contributed by atoms with van der Waals surface area (Å²) in [6, 6.07) is 0. The Morgan fingerprint density at radius 1 is 1.17 bits per heavy atom. The largest absolute Gasteiger partial charge is 0.490 e. The number of allylic oxidation sites excluding steroid dienone is 4. The highest BCUT2D eigenvalue weighted by molar-refractivity contribution is 6.54. The summed E-state index contributed by atoms with van der Waals surface area (Å²) in [7, 11) is -0.196. The van der Waals surface area contributed by atoms with Gasteiger partial charge in [0, 0.05) is 0 Å².